The molecule has 0 aliphatic heterocycles. The van der Waals surface area contributed by atoms with E-state index < -0.39 is 34.3 Å². The third-order valence-corrected chi connectivity index (χ3v) is 9.01. The van der Waals surface area contributed by atoms with E-state index in [1.807, 2.05) is 44.2 Å². The Bertz CT molecular complexity index is 1620. The second-order valence-electron chi connectivity index (χ2n) is 10.3. The molecule has 1 atom stereocenters. The quantitative estimate of drug-likeness (QED) is 0.203. The summed E-state index contributed by atoms with van der Waals surface area (Å²) in [6.45, 7) is 3.04. The van der Waals surface area contributed by atoms with Gasteiger partial charge in [-0.1, -0.05) is 76.6 Å². The molecule has 4 aromatic rings. The average molecular weight is 667 g/mol. The van der Waals surface area contributed by atoms with E-state index in [9.17, 15) is 22.4 Å². The second kappa shape index (κ2) is 14.4. The Morgan fingerprint density at radius 2 is 1.40 bits per heavy atom. The fourth-order valence-electron chi connectivity index (χ4n) is 4.58. The van der Waals surface area contributed by atoms with Crippen LogP contribution in [0.5, 0.6) is 0 Å². The molecule has 0 saturated heterocycles. The van der Waals surface area contributed by atoms with Crippen molar-refractivity contribution in [1.29, 1.82) is 0 Å². The van der Waals surface area contributed by atoms with E-state index in [-0.39, 0.29) is 35.5 Å². The number of hydrogen-bond acceptors (Lipinski definition) is 4. The van der Waals surface area contributed by atoms with Crippen molar-refractivity contribution in [2.45, 2.75) is 43.8 Å². The summed E-state index contributed by atoms with van der Waals surface area (Å²) in [6.07, 6.45) is 0.191. The van der Waals surface area contributed by atoms with Crippen molar-refractivity contribution in [3.8, 4) is 0 Å². The van der Waals surface area contributed by atoms with Crippen LogP contribution in [-0.2, 0) is 32.6 Å². The van der Waals surface area contributed by atoms with Crippen molar-refractivity contribution < 1.29 is 22.4 Å². The largest absolute Gasteiger partial charge is 0.352 e. The van der Waals surface area contributed by atoms with E-state index in [2.05, 4.69) is 21.2 Å². The lowest BCUT2D eigenvalue weighted by Crippen LogP contribution is -2.54. The van der Waals surface area contributed by atoms with Gasteiger partial charge in [-0.3, -0.25) is 13.9 Å². The number of nitrogens with zero attached hydrogens (tertiary/aromatic N) is 2. The number of benzene rings is 4. The van der Waals surface area contributed by atoms with Gasteiger partial charge in [0.2, 0.25) is 11.8 Å². The highest BCUT2D eigenvalue weighted by Crippen LogP contribution is 2.26. The van der Waals surface area contributed by atoms with Crippen LogP contribution in [0.25, 0.3) is 0 Å². The molecule has 2 amide bonds. The Morgan fingerprint density at radius 1 is 0.814 bits per heavy atom. The summed E-state index contributed by atoms with van der Waals surface area (Å²) in [7, 11) is -4.18. The van der Waals surface area contributed by atoms with Gasteiger partial charge in [-0.15, -0.1) is 0 Å². The third kappa shape index (κ3) is 8.52. The highest BCUT2D eigenvalue weighted by molar-refractivity contribution is 9.10. The zero-order chi connectivity index (χ0) is 31.0. The van der Waals surface area contributed by atoms with Crippen LogP contribution in [0.2, 0.25) is 0 Å². The molecule has 0 bridgehead atoms. The standard InChI is InChI=1S/C33H33BrFN3O4S/c1-24(2)36-33(40)31(21-25-9-5-3-6-10-25)37(22-26-13-17-28(35)18-14-26)32(39)23-38(29-19-15-27(34)16-20-29)43(41,42)30-11-7-4-8-12-30/h3-20,24,31H,21-23H2,1-2H3,(H,36,40)/t31-/m1/s1. The summed E-state index contributed by atoms with van der Waals surface area (Å²) in [5.74, 6) is -1.41. The predicted octanol–water partition coefficient (Wildman–Crippen LogP) is 5.95. The molecule has 4 aromatic carbocycles. The number of nitrogens with one attached hydrogen (secondary N) is 1. The summed E-state index contributed by atoms with van der Waals surface area (Å²) < 4.78 is 43.4. The van der Waals surface area contributed by atoms with Crippen molar-refractivity contribution in [1.82, 2.24) is 10.2 Å². The molecule has 0 fully saturated rings. The summed E-state index contributed by atoms with van der Waals surface area (Å²) in [6, 6.07) is 28.2. The summed E-state index contributed by atoms with van der Waals surface area (Å²) >= 11 is 3.38. The van der Waals surface area contributed by atoms with E-state index in [0.717, 1.165) is 14.3 Å². The Kier molecular flexibility index (Phi) is 10.7. The monoisotopic (exact) mass is 665 g/mol. The van der Waals surface area contributed by atoms with Gasteiger partial charge in [0.05, 0.1) is 10.6 Å². The second-order valence-corrected chi connectivity index (χ2v) is 13.1. The van der Waals surface area contributed by atoms with Crippen LogP contribution in [0.4, 0.5) is 10.1 Å². The number of amides is 2. The number of carbonyl (C=O) groups excluding carboxylic acids is 2. The molecule has 0 spiro atoms. The molecule has 0 unspecified atom stereocenters. The van der Waals surface area contributed by atoms with Crippen LogP contribution in [0.15, 0.2) is 119 Å². The SMILES string of the molecule is CC(C)NC(=O)[C@@H](Cc1ccccc1)N(Cc1ccc(F)cc1)C(=O)CN(c1ccc(Br)cc1)S(=O)(=O)c1ccccc1. The van der Waals surface area contributed by atoms with E-state index in [4.69, 9.17) is 0 Å². The molecule has 0 aliphatic carbocycles. The molecule has 1 N–H and O–H groups in total. The highest BCUT2D eigenvalue weighted by Gasteiger charge is 2.34. The lowest BCUT2D eigenvalue weighted by Gasteiger charge is -2.34. The zero-order valence-corrected chi connectivity index (χ0v) is 26.3. The average Bonchev–Trinajstić information content (AvgIpc) is 2.99. The van der Waals surface area contributed by atoms with Gasteiger partial charge in [0.1, 0.15) is 18.4 Å². The number of anilines is 1. The minimum Gasteiger partial charge on any atom is -0.352 e. The first-order valence-electron chi connectivity index (χ1n) is 13.8. The Morgan fingerprint density at radius 3 is 1.98 bits per heavy atom. The van der Waals surface area contributed by atoms with Gasteiger partial charge < -0.3 is 10.2 Å². The van der Waals surface area contributed by atoms with Crippen LogP contribution in [-0.4, -0.2) is 43.8 Å². The molecule has 0 saturated carbocycles. The van der Waals surface area contributed by atoms with Crippen molar-refractivity contribution in [2.24, 2.45) is 0 Å². The normalized spacial score (nSPS) is 12.0. The van der Waals surface area contributed by atoms with Crippen LogP contribution >= 0.6 is 15.9 Å². The maximum Gasteiger partial charge on any atom is 0.264 e. The first-order valence-corrected chi connectivity index (χ1v) is 16.0. The Labute approximate surface area is 260 Å². The van der Waals surface area contributed by atoms with Gasteiger partial charge in [0.25, 0.3) is 10.0 Å². The van der Waals surface area contributed by atoms with E-state index in [1.54, 1.807) is 54.6 Å². The van der Waals surface area contributed by atoms with Crippen LogP contribution < -0.4 is 9.62 Å². The topological polar surface area (TPSA) is 86.8 Å². The predicted molar refractivity (Wildman–Crippen MR) is 169 cm³/mol. The molecule has 224 valence electrons. The van der Waals surface area contributed by atoms with Crippen LogP contribution in [0.1, 0.15) is 25.0 Å². The minimum atomic E-state index is -4.18. The zero-order valence-electron chi connectivity index (χ0n) is 23.9. The van der Waals surface area contributed by atoms with Crippen molar-refractivity contribution >= 4 is 43.5 Å². The number of rotatable bonds is 12. The third-order valence-electron chi connectivity index (χ3n) is 6.69. The van der Waals surface area contributed by atoms with E-state index in [1.165, 1.54) is 29.2 Å². The van der Waals surface area contributed by atoms with Gasteiger partial charge >= 0.3 is 0 Å². The number of hydrogen-bond donors (Lipinski definition) is 1. The summed E-state index contributed by atoms with van der Waals surface area (Å²) in [5, 5.41) is 2.91. The lowest BCUT2D eigenvalue weighted by atomic mass is 10.0. The molecule has 7 nitrogen and oxygen atoms in total. The summed E-state index contributed by atoms with van der Waals surface area (Å²) in [4.78, 5) is 29.4. The Balaban J connectivity index is 1.79. The number of sulfonamides is 1. The smallest absolute Gasteiger partial charge is 0.264 e. The molecule has 0 radical (unpaired) electrons. The molecular weight excluding hydrogens is 633 g/mol. The molecule has 0 aromatic heterocycles. The van der Waals surface area contributed by atoms with Gasteiger partial charge in [0.15, 0.2) is 0 Å². The van der Waals surface area contributed by atoms with Crippen LogP contribution in [0.3, 0.4) is 0 Å². The maximum absolute atomic E-state index is 14.3. The minimum absolute atomic E-state index is 0.0224. The Hall–Kier alpha value is -4.02. The molecule has 4 rings (SSSR count). The lowest BCUT2D eigenvalue weighted by molar-refractivity contribution is -0.140. The van der Waals surface area contributed by atoms with Gasteiger partial charge in [0, 0.05) is 23.5 Å². The molecule has 43 heavy (non-hydrogen) atoms. The highest BCUT2D eigenvalue weighted by atomic mass is 79.9. The summed E-state index contributed by atoms with van der Waals surface area (Å²) in [5.41, 5.74) is 1.70. The number of carbonyl (C=O) groups is 2. The van der Waals surface area contributed by atoms with Gasteiger partial charge in [-0.25, -0.2) is 12.8 Å². The van der Waals surface area contributed by atoms with Gasteiger partial charge in [-0.2, -0.15) is 0 Å². The molecular formula is C33H33BrFN3O4S. The van der Waals surface area contributed by atoms with E-state index in [0.29, 0.717) is 5.56 Å². The fourth-order valence-corrected chi connectivity index (χ4v) is 6.28. The fraction of sp³-hybridized carbons (Fsp3) is 0.212. The van der Waals surface area contributed by atoms with Gasteiger partial charge in [-0.05, 0) is 73.5 Å². The van der Waals surface area contributed by atoms with E-state index >= 15 is 0 Å². The maximum atomic E-state index is 14.3. The first kappa shape index (κ1) is 31.9. The number of halogens is 2. The van der Waals surface area contributed by atoms with Crippen LogP contribution in [0, 0.1) is 5.82 Å². The van der Waals surface area contributed by atoms with Crippen molar-refractivity contribution in [3.63, 3.8) is 0 Å². The first-order chi connectivity index (χ1) is 20.5. The molecule has 0 aliphatic rings. The molecule has 0 heterocycles. The molecule has 10 heteroatoms. The van der Waals surface area contributed by atoms with Crippen molar-refractivity contribution in [2.75, 3.05) is 10.8 Å². The van der Waals surface area contributed by atoms with Crippen molar-refractivity contribution in [3.05, 3.63) is 131 Å².